The van der Waals surface area contributed by atoms with E-state index in [2.05, 4.69) is 29.8 Å². The van der Waals surface area contributed by atoms with Gasteiger partial charge in [-0.25, -0.2) is 0 Å². The van der Waals surface area contributed by atoms with Crippen LogP contribution in [0.15, 0.2) is 18.2 Å². The van der Waals surface area contributed by atoms with E-state index in [0.29, 0.717) is 6.04 Å². The molecule has 1 aliphatic rings. The number of hydrogen-bond acceptors (Lipinski definition) is 3. The van der Waals surface area contributed by atoms with Crippen molar-refractivity contribution in [3.63, 3.8) is 0 Å². The van der Waals surface area contributed by atoms with Gasteiger partial charge < -0.3 is 10.6 Å². The predicted octanol–water partition coefficient (Wildman–Crippen LogP) is 3.28. The van der Waals surface area contributed by atoms with Gasteiger partial charge in [0.25, 0.3) is 0 Å². The second-order valence-corrected chi connectivity index (χ2v) is 6.21. The van der Waals surface area contributed by atoms with Gasteiger partial charge in [0, 0.05) is 36.4 Å². The number of likely N-dealkylation sites (N-methyl/N-ethyl adjacent to an activating group) is 2. The quantitative estimate of drug-likeness (QED) is 0.905. The Hall–Kier alpha value is -0.770. The lowest BCUT2D eigenvalue weighted by atomic mass is 10.1. The lowest BCUT2D eigenvalue weighted by Gasteiger charge is -2.29. The van der Waals surface area contributed by atoms with Gasteiger partial charge in [0.05, 0.1) is 0 Å². The van der Waals surface area contributed by atoms with Crippen molar-refractivity contribution in [1.82, 2.24) is 4.90 Å². The van der Waals surface area contributed by atoms with Crippen molar-refractivity contribution in [3.8, 4) is 0 Å². The van der Waals surface area contributed by atoms with Crippen molar-refractivity contribution in [1.29, 1.82) is 0 Å². The number of likely N-dealkylation sites (tertiary alicyclic amines) is 1. The zero-order chi connectivity index (χ0) is 14.7. The molecule has 112 valence electrons. The molecule has 1 heterocycles. The summed E-state index contributed by atoms with van der Waals surface area (Å²) in [5.74, 6) is 0. The van der Waals surface area contributed by atoms with Crippen molar-refractivity contribution < 1.29 is 0 Å². The van der Waals surface area contributed by atoms with Gasteiger partial charge in [0.15, 0.2) is 0 Å². The van der Waals surface area contributed by atoms with Gasteiger partial charge in [-0.2, -0.15) is 0 Å². The van der Waals surface area contributed by atoms with Crippen LogP contribution in [0.3, 0.4) is 0 Å². The van der Waals surface area contributed by atoms with Gasteiger partial charge in [0.1, 0.15) is 0 Å². The monoisotopic (exact) mass is 295 g/mol. The summed E-state index contributed by atoms with van der Waals surface area (Å²) in [6.45, 7) is 7.64. The maximum absolute atomic E-state index is 6.32. The molecule has 0 aromatic heterocycles. The Bertz CT molecular complexity index is 447. The smallest absolute Gasteiger partial charge is 0.0474 e. The zero-order valence-corrected chi connectivity index (χ0v) is 13.5. The lowest BCUT2D eigenvalue weighted by Crippen LogP contribution is -2.38. The van der Waals surface area contributed by atoms with Crippen LogP contribution in [0.2, 0.25) is 5.02 Å². The van der Waals surface area contributed by atoms with Crippen LogP contribution in [-0.2, 0) is 0 Å². The molecule has 2 N–H and O–H groups in total. The molecule has 1 aromatic rings. The van der Waals surface area contributed by atoms with E-state index in [1.54, 1.807) is 0 Å². The van der Waals surface area contributed by atoms with Crippen LogP contribution in [0.25, 0.3) is 0 Å². The number of benzene rings is 1. The fourth-order valence-electron chi connectivity index (χ4n) is 3.06. The predicted molar refractivity (Wildman–Crippen MR) is 87.6 cm³/mol. The van der Waals surface area contributed by atoms with Crippen LogP contribution in [0.4, 0.5) is 5.69 Å². The highest BCUT2D eigenvalue weighted by molar-refractivity contribution is 6.31. The number of nitrogens with two attached hydrogens (primary N) is 1. The summed E-state index contributed by atoms with van der Waals surface area (Å²) in [5.41, 5.74) is 8.09. The highest BCUT2D eigenvalue weighted by atomic mass is 35.5. The molecule has 20 heavy (non-hydrogen) atoms. The average molecular weight is 296 g/mol. The van der Waals surface area contributed by atoms with Crippen LogP contribution < -0.4 is 10.6 Å². The van der Waals surface area contributed by atoms with E-state index in [-0.39, 0.29) is 6.04 Å². The number of nitrogens with zero attached hydrogens (tertiary/aromatic N) is 2. The Morgan fingerprint density at radius 2 is 2.25 bits per heavy atom. The molecule has 1 fully saturated rings. The first-order valence-electron chi connectivity index (χ1n) is 7.53. The van der Waals surface area contributed by atoms with E-state index in [1.165, 1.54) is 25.1 Å². The fraction of sp³-hybridized carbons (Fsp3) is 0.625. The van der Waals surface area contributed by atoms with Crippen molar-refractivity contribution in [3.05, 3.63) is 28.8 Å². The largest absolute Gasteiger partial charge is 0.373 e. The van der Waals surface area contributed by atoms with E-state index in [4.69, 9.17) is 17.3 Å². The first-order chi connectivity index (χ1) is 9.52. The molecule has 2 unspecified atom stereocenters. The maximum atomic E-state index is 6.32. The van der Waals surface area contributed by atoms with Crippen LogP contribution >= 0.6 is 11.6 Å². The molecule has 1 aliphatic heterocycles. The van der Waals surface area contributed by atoms with Gasteiger partial charge in [-0.3, -0.25) is 4.90 Å². The SMILES string of the molecule is CCN1CCCC1CN(C)c1ccc(C(C)N)c(Cl)c1. The van der Waals surface area contributed by atoms with Crippen molar-refractivity contribution >= 4 is 17.3 Å². The summed E-state index contributed by atoms with van der Waals surface area (Å²) in [6.07, 6.45) is 2.61. The number of rotatable bonds is 5. The Labute approximate surface area is 127 Å². The van der Waals surface area contributed by atoms with Crippen LogP contribution in [0, 0.1) is 0 Å². The van der Waals surface area contributed by atoms with Crippen molar-refractivity contribution in [2.24, 2.45) is 5.73 Å². The van der Waals surface area contributed by atoms with Gasteiger partial charge in [-0.1, -0.05) is 24.6 Å². The summed E-state index contributed by atoms with van der Waals surface area (Å²) < 4.78 is 0. The minimum Gasteiger partial charge on any atom is -0.373 e. The third-order valence-electron chi connectivity index (χ3n) is 4.31. The molecule has 1 saturated heterocycles. The van der Waals surface area contributed by atoms with Gasteiger partial charge in [-0.05, 0) is 50.6 Å². The molecular formula is C16H26ClN3. The second kappa shape index (κ2) is 6.79. The normalized spacial score (nSPS) is 21.1. The first-order valence-corrected chi connectivity index (χ1v) is 7.91. The number of hydrogen-bond donors (Lipinski definition) is 1. The van der Waals surface area contributed by atoms with Gasteiger partial charge in [-0.15, -0.1) is 0 Å². The lowest BCUT2D eigenvalue weighted by molar-refractivity contribution is 0.270. The van der Waals surface area contributed by atoms with Crippen LogP contribution in [-0.4, -0.2) is 37.6 Å². The molecule has 0 bridgehead atoms. The van der Waals surface area contributed by atoms with Gasteiger partial charge in [0.2, 0.25) is 0 Å². The van der Waals surface area contributed by atoms with Crippen molar-refractivity contribution in [2.45, 2.75) is 38.8 Å². The van der Waals surface area contributed by atoms with Crippen LogP contribution in [0.5, 0.6) is 0 Å². The van der Waals surface area contributed by atoms with Crippen LogP contribution in [0.1, 0.15) is 38.3 Å². The van der Waals surface area contributed by atoms with E-state index in [0.717, 1.165) is 23.7 Å². The summed E-state index contributed by atoms with van der Waals surface area (Å²) >= 11 is 6.32. The Kier molecular flexibility index (Phi) is 5.30. The second-order valence-electron chi connectivity index (χ2n) is 5.80. The molecule has 4 heteroatoms. The third-order valence-corrected chi connectivity index (χ3v) is 4.63. The highest BCUT2D eigenvalue weighted by Crippen LogP contribution is 2.27. The Balaban J connectivity index is 2.05. The topological polar surface area (TPSA) is 32.5 Å². The Morgan fingerprint density at radius 1 is 1.50 bits per heavy atom. The molecule has 3 nitrogen and oxygen atoms in total. The molecule has 2 rings (SSSR count). The van der Waals surface area contributed by atoms with Crippen molar-refractivity contribution in [2.75, 3.05) is 31.6 Å². The molecule has 1 aromatic carbocycles. The summed E-state index contributed by atoms with van der Waals surface area (Å²) in [6, 6.07) is 6.84. The maximum Gasteiger partial charge on any atom is 0.0474 e. The van der Waals surface area contributed by atoms with Gasteiger partial charge >= 0.3 is 0 Å². The van der Waals surface area contributed by atoms with E-state index < -0.39 is 0 Å². The van der Waals surface area contributed by atoms with E-state index in [1.807, 2.05) is 19.1 Å². The first kappa shape index (κ1) is 15.6. The molecule has 0 radical (unpaired) electrons. The van der Waals surface area contributed by atoms with E-state index in [9.17, 15) is 0 Å². The minimum absolute atomic E-state index is 0.0210. The summed E-state index contributed by atoms with van der Waals surface area (Å²) in [4.78, 5) is 4.87. The standard InChI is InChI=1S/C16H26ClN3/c1-4-20-9-5-6-14(20)11-19(3)13-7-8-15(12(2)18)16(17)10-13/h7-8,10,12,14H,4-6,9,11,18H2,1-3H3. The third kappa shape index (κ3) is 3.46. The molecule has 0 amide bonds. The molecular weight excluding hydrogens is 270 g/mol. The summed E-state index contributed by atoms with van der Waals surface area (Å²) in [5, 5.41) is 0.767. The average Bonchev–Trinajstić information content (AvgIpc) is 2.85. The molecule has 0 saturated carbocycles. The highest BCUT2D eigenvalue weighted by Gasteiger charge is 2.24. The van der Waals surface area contributed by atoms with E-state index >= 15 is 0 Å². The fourth-order valence-corrected chi connectivity index (χ4v) is 3.41. The zero-order valence-electron chi connectivity index (χ0n) is 12.8. The molecule has 0 spiro atoms. The number of halogens is 1. The summed E-state index contributed by atoms with van der Waals surface area (Å²) in [7, 11) is 2.14. The number of anilines is 1. The molecule has 0 aliphatic carbocycles. The minimum atomic E-state index is -0.0210. The Morgan fingerprint density at radius 3 is 2.85 bits per heavy atom. The molecule has 2 atom stereocenters.